The maximum atomic E-state index is 12.9. The van der Waals surface area contributed by atoms with Gasteiger partial charge in [0.05, 0.1) is 10.7 Å². The van der Waals surface area contributed by atoms with Gasteiger partial charge in [0.2, 0.25) is 0 Å². The van der Waals surface area contributed by atoms with E-state index in [-0.39, 0.29) is 23.0 Å². The third-order valence-electron chi connectivity index (χ3n) is 5.54. The summed E-state index contributed by atoms with van der Waals surface area (Å²) in [4.78, 5) is 14.7. The predicted octanol–water partition coefficient (Wildman–Crippen LogP) is 5.11. The van der Waals surface area contributed by atoms with Crippen LogP contribution in [-0.2, 0) is 0 Å². The number of nitriles is 1. The fourth-order valence-electron chi connectivity index (χ4n) is 4.63. The SMILES string of the molecule is CN(C)c1cccc(Oc2ccc(C(=O)NC3CC(C)(C)NC(C)(C)C3)cc2Cl)c1C#N. The molecule has 1 heterocycles. The first-order chi connectivity index (χ1) is 14.9. The summed E-state index contributed by atoms with van der Waals surface area (Å²) in [6, 6.07) is 12.6. The standard InChI is InChI=1S/C25H31ClN4O2/c1-24(2)13-17(14-25(3,4)29-24)28-23(31)16-10-11-22(19(26)12-16)32-21-9-7-8-20(30(5)6)18(21)15-27/h7-12,17,29H,13-14H2,1-6H3,(H,28,31). The normalized spacial score (nSPS) is 17.3. The Morgan fingerprint density at radius 2 is 1.81 bits per heavy atom. The number of halogens is 1. The van der Waals surface area contributed by atoms with Crippen molar-refractivity contribution in [3.05, 3.63) is 52.5 Å². The van der Waals surface area contributed by atoms with Gasteiger partial charge in [0.25, 0.3) is 5.91 Å². The second-order valence-corrected chi connectivity index (χ2v) is 10.3. The van der Waals surface area contributed by atoms with Gasteiger partial charge in [-0.2, -0.15) is 5.26 Å². The number of hydrogen-bond donors (Lipinski definition) is 2. The Kier molecular flexibility index (Phi) is 6.73. The Morgan fingerprint density at radius 3 is 2.38 bits per heavy atom. The lowest BCUT2D eigenvalue weighted by Gasteiger charge is -2.46. The number of nitrogens with zero attached hydrogens (tertiary/aromatic N) is 2. The number of ether oxygens (including phenoxy) is 1. The molecule has 0 saturated carbocycles. The zero-order valence-electron chi connectivity index (χ0n) is 19.5. The maximum absolute atomic E-state index is 12.9. The van der Waals surface area contributed by atoms with Crippen molar-refractivity contribution < 1.29 is 9.53 Å². The van der Waals surface area contributed by atoms with Crippen LogP contribution in [0.1, 0.15) is 56.5 Å². The molecule has 2 N–H and O–H groups in total. The Bertz CT molecular complexity index is 1040. The second kappa shape index (κ2) is 9.01. The number of benzene rings is 2. The molecule has 1 aliphatic heterocycles. The highest BCUT2D eigenvalue weighted by Crippen LogP contribution is 2.35. The van der Waals surface area contributed by atoms with Crippen LogP contribution in [0.15, 0.2) is 36.4 Å². The van der Waals surface area contributed by atoms with Crippen LogP contribution in [0.3, 0.4) is 0 Å². The summed E-state index contributed by atoms with van der Waals surface area (Å²) in [5, 5.41) is 16.7. The molecule has 0 unspecified atom stereocenters. The molecular weight excluding hydrogens is 424 g/mol. The van der Waals surface area contributed by atoms with E-state index in [0.717, 1.165) is 18.5 Å². The largest absolute Gasteiger partial charge is 0.454 e. The lowest BCUT2D eigenvalue weighted by molar-refractivity contribution is 0.0873. The summed E-state index contributed by atoms with van der Waals surface area (Å²) in [7, 11) is 3.73. The highest BCUT2D eigenvalue weighted by molar-refractivity contribution is 6.32. The van der Waals surface area contributed by atoms with Gasteiger partial charge in [0, 0.05) is 36.8 Å². The van der Waals surface area contributed by atoms with Gasteiger partial charge in [-0.25, -0.2) is 0 Å². The van der Waals surface area contributed by atoms with E-state index >= 15 is 0 Å². The van der Waals surface area contributed by atoms with E-state index in [4.69, 9.17) is 16.3 Å². The average Bonchev–Trinajstić information content (AvgIpc) is 2.66. The van der Waals surface area contributed by atoms with Gasteiger partial charge >= 0.3 is 0 Å². The molecule has 7 heteroatoms. The monoisotopic (exact) mass is 454 g/mol. The zero-order chi connectivity index (χ0) is 23.7. The van der Waals surface area contributed by atoms with Crippen LogP contribution < -0.4 is 20.3 Å². The van der Waals surface area contributed by atoms with Crippen LogP contribution in [0, 0.1) is 11.3 Å². The van der Waals surface area contributed by atoms with Gasteiger partial charge in [0.15, 0.2) is 0 Å². The summed E-state index contributed by atoms with van der Waals surface area (Å²) >= 11 is 6.45. The summed E-state index contributed by atoms with van der Waals surface area (Å²) in [5.41, 5.74) is 1.53. The lowest BCUT2D eigenvalue weighted by atomic mass is 9.79. The summed E-state index contributed by atoms with van der Waals surface area (Å²) < 4.78 is 5.94. The molecule has 1 amide bonds. The topological polar surface area (TPSA) is 77.4 Å². The molecule has 0 radical (unpaired) electrons. The van der Waals surface area contributed by atoms with Crippen LogP contribution in [0.4, 0.5) is 5.69 Å². The molecule has 0 atom stereocenters. The minimum Gasteiger partial charge on any atom is -0.454 e. The summed E-state index contributed by atoms with van der Waals surface area (Å²) in [6.45, 7) is 8.60. The van der Waals surface area contributed by atoms with Gasteiger partial charge in [0.1, 0.15) is 23.1 Å². The van der Waals surface area contributed by atoms with Crippen LogP contribution in [0.2, 0.25) is 5.02 Å². The molecule has 32 heavy (non-hydrogen) atoms. The van der Waals surface area contributed by atoms with E-state index in [2.05, 4.69) is 44.4 Å². The van der Waals surface area contributed by atoms with E-state index in [1.54, 1.807) is 24.3 Å². The first-order valence-electron chi connectivity index (χ1n) is 10.7. The molecule has 0 bridgehead atoms. The fraction of sp³-hybridized carbons (Fsp3) is 0.440. The molecule has 0 aromatic heterocycles. The van der Waals surface area contributed by atoms with Crippen LogP contribution in [-0.4, -0.2) is 37.1 Å². The summed E-state index contributed by atoms with van der Waals surface area (Å²) in [6.07, 6.45) is 1.69. The molecule has 1 fully saturated rings. The zero-order valence-corrected chi connectivity index (χ0v) is 20.3. The number of rotatable bonds is 5. The minimum atomic E-state index is -0.163. The molecule has 0 aliphatic carbocycles. The van der Waals surface area contributed by atoms with Gasteiger partial charge < -0.3 is 20.3 Å². The van der Waals surface area contributed by atoms with Gasteiger partial charge in [-0.15, -0.1) is 0 Å². The lowest BCUT2D eigenvalue weighted by Crippen LogP contribution is -2.62. The third-order valence-corrected chi connectivity index (χ3v) is 5.83. The van der Waals surface area contributed by atoms with Crippen molar-refractivity contribution in [2.45, 2.75) is 57.7 Å². The fourth-order valence-corrected chi connectivity index (χ4v) is 4.85. The van der Waals surface area contributed by atoms with Gasteiger partial charge in [-0.05, 0) is 70.9 Å². The number of anilines is 1. The van der Waals surface area contributed by atoms with Crippen LogP contribution in [0.5, 0.6) is 11.5 Å². The van der Waals surface area contributed by atoms with Gasteiger partial charge in [-0.1, -0.05) is 17.7 Å². The molecule has 2 aromatic carbocycles. The average molecular weight is 455 g/mol. The van der Waals surface area contributed by atoms with E-state index in [9.17, 15) is 10.1 Å². The van der Waals surface area contributed by atoms with Crippen molar-refractivity contribution >= 4 is 23.2 Å². The third kappa shape index (κ3) is 5.53. The summed E-state index contributed by atoms with van der Waals surface area (Å²) in [5.74, 6) is 0.640. The van der Waals surface area contributed by atoms with Crippen LogP contribution in [0.25, 0.3) is 0 Å². The molecule has 1 saturated heterocycles. The minimum absolute atomic E-state index is 0.0609. The molecule has 1 aliphatic rings. The maximum Gasteiger partial charge on any atom is 0.251 e. The van der Waals surface area contributed by atoms with E-state index in [1.807, 2.05) is 31.1 Å². The Labute approximate surface area is 195 Å². The smallest absolute Gasteiger partial charge is 0.251 e. The quantitative estimate of drug-likeness (QED) is 0.656. The molecule has 2 aromatic rings. The first kappa shape index (κ1) is 23.9. The van der Waals surface area contributed by atoms with Crippen molar-refractivity contribution in [3.8, 4) is 17.6 Å². The second-order valence-electron chi connectivity index (χ2n) is 9.88. The van der Waals surface area contributed by atoms with Crippen molar-refractivity contribution in [2.24, 2.45) is 0 Å². The number of piperidine rings is 1. The van der Waals surface area contributed by atoms with E-state index in [1.165, 1.54) is 0 Å². The number of carbonyl (C=O) groups excluding carboxylic acids is 1. The number of nitrogens with one attached hydrogen (secondary N) is 2. The molecule has 170 valence electrons. The van der Waals surface area contributed by atoms with Gasteiger partial charge in [-0.3, -0.25) is 4.79 Å². The van der Waals surface area contributed by atoms with E-state index in [0.29, 0.717) is 27.6 Å². The Hall–Kier alpha value is -2.75. The molecule has 6 nitrogen and oxygen atoms in total. The van der Waals surface area contributed by atoms with Crippen molar-refractivity contribution in [3.63, 3.8) is 0 Å². The van der Waals surface area contributed by atoms with Crippen molar-refractivity contribution in [1.82, 2.24) is 10.6 Å². The predicted molar refractivity (Wildman–Crippen MR) is 129 cm³/mol. The highest BCUT2D eigenvalue weighted by Gasteiger charge is 2.38. The number of amides is 1. The van der Waals surface area contributed by atoms with Crippen LogP contribution >= 0.6 is 11.6 Å². The molecule has 0 spiro atoms. The number of hydrogen-bond acceptors (Lipinski definition) is 5. The van der Waals surface area contributed by atoms with Crippen molar-refractivity contribution in [1.29, 1.82) is 5.26 Å². The first-order valence-corrected chi connectivity index (χ1v) is 11.1. The Morgan fingerprint density at radius 1 is 1.16 bits per heavy atom. The van der Waals surface area contributed by atoms with E-state index < -0.39 is 0 Å². The number of carbonyl (C=O) groups is 1. The van der Waals surface area contributed by atoms with Crippen molar-refractivity contribution in [2.75, 3.05) is 19.0 Å². The highest BCUT2D eigenvalue weighted by atomic mass is 35.5. The Balaban J connectivity index is 1.77. The molecule has 3 rings (SSSR count). The molecular formula is C25H31ClN4O2.